The van der Waals surface area contributed by atoms with Crippen molar-refractivity contribution in [2.24, 2.45) is 0 Å². The van der Waals surface area contributed by atoms with Gasteiger partial charge >= 0.3 is 0 Å². The third-order valence-electron chi connectivity index (χ3n) is 3.35. The van der Waals surface area contributed by atoms with Gasteiger partial charge in [0.2, 0.25) is 0 Å². The predicted molar refractivity (Wildman–Crippen MR) is 82.4 cm³/mol. The van der Waals surface area contributed by atoms with E-state index in [1.165, 1.54) is 4.88 Å². The van der Waals surface area contributed by atoms with Gasteiger partial charge in [0.1, 0.15) is 0 Å². The van der Waals surface area contributed by atoms with Gasteiger partial charge in [0.25, 0.3) is 0 Å². The summed E-state index contributed by atoms with van der Waals surface area (Å²) >= 11 is 7.74. The van der Waals surface area contributed by atoms with Crippen LogP contribution in [0.5, 0.6) is 0 Å². The van der Waals surface area contributed by atoms with Crippen molar-refractivity contribution in [1.29, 1.82) is 0 Å². The molecule has 0 radical (unpaired) electrons. The van der Waals surface area contributed by atoms with E-state index in [1.807, 2.05) is 13.8 Å². The van der Waals surface area contributed by atoms with Crippen LogP contribution in [0, 0.1) is 13.8 Å². The van der Waals surface area contributed by atoms with Gasteiger partial charge in [-0.05, 0) is 36.4 Å². The highest BCUT2D eigenvalue weighted by molar-refractivity contribution is 7.10. The Morgan fingerprint density at radius 1 is 1.26 bits per heavy atom. The Hall–Kier alpha value is -1.13. The minimum absolute atomic E-state index is 0.0653. The highest BCUT2D eigenvalue weighted by Gasteiger charge is 2.22. The van der Waals surface area contributed by atoms with Crippen LogP contribution in [0.4, 0.5) is 5.82 Å². The van der Waals surface area contributed by atoms with Crippen molar-refractivity contribution >= 4 is 28.8 Å². The molecule has 102 valence electrons. The number of hydrogen-bond donors (Lipinski definition) is 1. The molecule has 0 unspecified atom stereocenters. The largest absolute Gasteiger partial charge is 0.367 e. The van der Waals surface area contributed by atoms with E-state index < -0.39 is 0 Å². The first-order chi connectivity index (χ1) is 8.92. The maximum absolute atomic E-state index is 5.96. The van der Waals surface area contributed by atoms with Crippen LogP contribution in [0.2, 0.25) is 5.15 Å². The normalized spacial score (nSPS) is 11.6. The number of rotatable bonds is 4. The second-order valence-corrected chi connectivity index (χ2v) is 6.61. The van der Waals surface area contributed by atoms with Crippen LogP contribution >= 0.6 is 22.9 Å². The molecular weight excluding hydrogens is 278 g/mol. The molecule has 0 amide bonds. The number of anilines is 1. The summed E-state index contributed by atoms with van der Waals surface area (Å²) in [5.74, 6) is 0.812. The molecule has 1 N–H and O–H groups in total. The van der Waals surface area contributed by atoms with Gasteiger partial charge in [-0.1, -0.05) is 31.5 Å². The fourth-order valence-corrected chi connectivity index (χ4v) is 2.83. The summed E-state index contributed by atoms with van der Waals surface area (Å²) in [4.78, 5) is 1.36. The maximum Gasteiger partial charge on any atom is 0.155 e. The van der Waals surface area contributed by atoms with Crippen LogP contribution in [0.25, 0.3) is 0 Å². The molecule has 0 spiro atoms. The minimum Gasteiger partial charge on any atom is -0.367 e. The Morgan fingerprint density at radius 3 is 2.63 bits per heavy atom. The summed E-state index contributed by atoms with van der Waals surface area (Å²) in [6.07, 6.45) is 0. The fraction of sp³-hybridized carbons (Fsp3) is 0.429. The third kappa shape index (κ3) is 3.07. The average molecular weight is 296 g/mol. The summed E-state index contributed by atoms with van der Waals surface area (Å²) in [6, 6.07) is 4.25. The predicted octanol–water partition coefficient (Wildman–Crippen LogP) is 4.20. The lowest BCUT2D eigenvalue weighted by atomic mass is 9.91. The standard InChI is InChI=1S/C14H18ClN3S/c1-9-10(2)13(18-17-12(9)15)16-8-14(3,4)11-6-5-7-19-11/h5-7H,8H2,1-4H3,(H,16,18). The van der Waals surface area contributed by atoms with Crippen LogP contribution in [0.3, 0.4) is 0 Å². The van der Waals surface area contributed by atoms with Gasteiger partial charge in [-0.25, -0.2) is 0 Å². The van der Waals surface area contributed by atoms with Gasteiger partial charge in [0, 0.05) is 16.8 Å². The fourth-order valence-electron chi connectivity index (χ4n) is 1.80. The summed E-state index contributed by atoms with van der Waals surface area (Å²) in [7, 11) is 0. The van der Waals surface area contributed by atoms with Crippen molar-refractivity contribution < 1.29 is 0 Å². The van der Waals surface area contributed by atoms with Crippen molar-refractivity contribution in [1.82, 2.24) is 10.2 Å². The molecule has 5 heteroatoms. The highest BCUT2D eigenvalue weighted by atomic mass is 35.5. The molecule has 2 aromatic rings. The zero-order valence-electron chi connectivity index (χ0n) is 11.6. The van der Waals surface area contributed by atoms with Crippen molar-refractivity contribution in [2.45, 2.75) is 33.1 Å². The molecular formula is C14H18ClN3S. The van der Waals surface area contributed by atoms with Gasteiger partial charge in [0.05, 0.1) is 0 Å². The smallest absolute Gasteiger partial charge is 0.155 e. The van der Waals surface area contributed by atoms with E-state index in [2.05, 4.69) is 46.9 Å². The molecule has 3 nitrogen and oxygen atoms in total. The monoisotopic (exact) mass is 295 g/mol. The molecule has 0 saturated carbocycles. The van der Waals surface area contributed by atoms with Gasteiger partial charge in [-0.2, -0.15) is 0 Å². The molecule has 2 aromatic heterocycles. The van der Waals surface area contributed by atoms with Gasteiger partial charge < -0.3 is 5.32 Å². The minimum atomic E-state index is 0.0653. The van der Waals surface area contributed by atoms with Crippen LogP contribution in [-0.2, 0) is 5.41 Å². The summed E-state index contributed by atoms with van der Waals surface area (Å²) in [6.45, 7) is 9.22. The third-order valence-corrected chi connectivity index (χ3v) is 4.95. The lowest BCUT2D eigenvalue weighted by molar-refractivity contribution is 0.567. The maximum atomic E-state index is 5.96. The SMILES string of the molecule is Cc1c(Cl)nnc(NCC(C)(C)c2cccs2)c1C. The van der Waals surface area contributed by atoms with Crippen LogP contribution in [0.1, 0.15) is 29.9 Å². The Morgan fingerprint density at radius 2 is 2.00 bits per heavy atom. The Balaban J connectivity index is 2.13. The lowest BCUT2D eigenvalue weighted by Gasteiger charge is -2.24. The molecule has 0 aliphatic rings. The molecule has 2 rings (SSSR count). The molecule has 0 bridgehead atoms. The summed E-state index contributed by atoms with van der Waals surface area (Å²) in [5, 5.41) is 14.1. The zero-order valence-corrected chi connectivity index (χ0v) is 13.2. The van der Waals surface area contributed by atoms with Crippen molar-refractivity contribution in [2.75, 3.05) is 11.9 Å². The van der Waals surface area contributed by atoms with Crippen molar-refractivity contribution in [3.8, 4) is 0 Å². The molecule has 19 heavy (non-hydrogen) atoms. The Kier molecular flexibility index (Phi) is 4.11. The number of nitrogens with zero attached hydrogens (tertiary/aromatic N) is 2. The first-order valence-electron chi connectivity index (χ1n) is 6.19. The van der Waals surface area contributed by atoms with Gasteiger partial charge in [-0.3, -0.25) is 0 Å². The first kappa shape index (κ1) is 14.3. The van der Waals surface area contributed by atoms with E-state index in [9.17, 15) is 0 Å². The van der Waals surface area contributed by atoms with Crippen LogP contribution < -0.4 is 5.32 Å². The summed E-state index contributed by atoms with van der Waals surface area (Å²) < 4.78 is 0. The second kappa shape index (κ2) is 5.47. The molecule has 0 aromatic carbocycles. The van der Waals surface area contributed by atoms with E-state index >= 15 is 0 Å². The topological polar surface area (TPSA) is 37.8 Å². The molecule has 0 atom stereocenters. The van der Waals surface area contributed by atoms with Crippen LogP contribution in [-0.4, -0.2) is 16.7 Å². The molecule has 0 aliphatic heterocycles. The lowest BCUT2D eigenvalue weighted by Crippen LogP contribution is -2.27. The van der Waals surface area contributed by atoms with E-state index in [-0.39, 0.29) is 5.41 Å². The second-order valence-electron chi connectivity index (χ2n) is 5.30. The Bertz CT molecular complexity index is 564. The molecule has 0 saturated heterocycles. The number of halogens is 1. The van der Waals surface area contributed by atoms with E-state index in [0.717, 1.165) is 23.5 Å². The highest BCUT2D eigenvalue weighted by Crippen LogP contribution is 2.28. The molecule has 0 fully saturated rings. The van der Waals surface area contributed by atoms with Gasteiger partial charge in [-0.15, -0.1) is 21.5 Å². The van der Waals surface area contributed by atoms with E-state index in [1.54, 1.807) is 11.3 Å². The van der Waals surface area contributed by atoms with E-state index in [4.69, 9.17) is 11.6 Å². The number of thiophene rings is 1. The molecule has 0 aliphatic carbocycles. The zero-order chi connectivity index (χ0) is 14.0. The number of hydrogen-bond acceptors (Lipinski definition) is 4. The van der Waals surface area contributed by atoms with Gasteiger partial charge in [0.15, 0.2) is 11.0 Å². The first-order valence-corrected chi connectivity index (χ1v) is 7.45. The van der Waals surface area contributed by atoms with E-state index in [0.29, 0.717) is 5.15 Å². The van der Waals surface area contributed by atoms with Crippen LogP contribution in [0.15, 0.2) is 17.5 Å². The average Bonchev–Trinajstić information content (AvgIpc) is 2.90. The number of nitrogens with one attached hydrogen (secondary N) is 1. The number of aromatic nitrogens is 2. The van der Waals surface area contributed by atoms with Crippen molar-refractivity contribution in [3.63, 3.8) is 0 Å². The Labute approximate surface area is 123 Å². The quantitative estimate of drug-likeness (QED) is 0.918. The molecule has 2 heterocycles. The van der Waals surface area contributed by atoms with Crippen molar-refractivity contribution in [3.05, 3.63) is 38.7 Å². The summed E-state index contributed by atoms with van der Waals surface area (Å²) in [5.41, 5.74) is 2.10.